The molecule has 1 aliphatic heterocycles. The van der Waals surface area contributed by atoms with E-state index in [0.29, 0.717) is 23.2 Å². The predicted molar refractivity (Wildman–Crippen MR) is 165 cm³/mol. The number of amides is 2. The standard InChI is InChI=1S/C32H39F3N4O4S/c1-8-9-10-11-14-38(7)29(40)24-15-21(17-39(24)30(41)43-31(4,5)6)42-25-16-23(28-37-26(18-44-28)32(33,34)35)36-27-20(3)19(2)12-13-22(25)27/h8,12-13,16,18,21,24H,1,9-11,14-15,17H2,2-7H3/t21?,24-/m0/s1. The van der Waals surface area contributed by atoms with Crippen LogP contribution in [0.15, 0.2) is 36.2 Å². The van der Waals surface area contributed by atoms with Crippen LogP contribution in [-0.2, 0) is 15.7 Å². The number of carbonyl (C=O) groups excluding carboxylic acids is 2. The number of thiazole rings is 1. The molecule has 0 radical (unpaired) electrons. The summed E-state index contributed by atoms with van der Waals surface area (Å²) in [6.07, 6.45) is -1.18. The number of alkyl halides is 3. The molecule has 2 atom stereocenters. The minimum absolute atomic E-state index is 0.0924. The fourth-order valence-corrected chi connectivity index (χ4v) is 5.83. The molecule has 1 aliphatic rings. The summed E-state index contributed by atoms with van der Waals surface area (Å²) in [7, 11) is 1.72. The molecule has 8 nitrogen and oxygen atoms in total. The van der Waals surface area contributed by atoms with Crippen LogP contribution in [0.5, 0.6) is 5.75 Å². The number of halogens is 3. The van der Waals surface area contributed by atoms with E-state index >= 15 is 0 Å². The Bertz CT molecular complexity index is 1530. The Kier molecular flexibility index (Phi) is 9.92. The van der Waals surface area contributed by atoms with E-state index in [1.165, 1.54) is 4.90 Å². The number of aryl methyl sites for hydroxylation is 2. The van der Waals surface area contributed by atoms with Crippen molar-refractivity contribution in [3.63, 3.8) is 0 Å². The molecule has 3 aromatic rings. The summed E-state index contributed by atoms with van der Waals surface area (Å²) in [6.45, 7) is 13.4. The van der Waals surface area contributed by atoms with Crippen molar-refractivity contribution in [2.45, 2.75) is 84.2 Å². The van der Waals surface area contributed by atoms with E-state index in [4.69, 9.17) is 9.47 Å². The minimum Gasteiger partial charge on any atom is -0.488 e. The van der Waals surface area contributed by atoms with E-state index in [9.17, 15) is 22.8 Å². The Morgan fingerprint density at radius 3 is 2.55 bits per heavy atom. The van der Waals surface area contributed by atoms with Gasteiger partial charge in [-0.1, -0.05) is 12.1 Å². The lowest BCUT2D eigenvalue weighted by Gasteiger charge is -2.30. The number of rotatable bonds is 9. The van der Waals surface area contributed by atoms with Gasteiger partial charge in [-0.15, -0.1) is 17.9 Å². The molecule has 1 fully saturated rings. The van der Waals surface area contributed by atoms with Gasteiger partial charge >= 0.3 is 12.3 Å². The summed E-state index contributed by atoms with van der Waals surface area (Å²) in [5, 5.41) is 1.74. The van der Waals surface area contributed by atoms with Gasteiger partial charge < -0.3 is 14.4 Å². The number of allylic oxidation sites excluding steroid dienone is 1. The SMILES string of the molecule is C=CCCCCN(C)C(=O)[C@@H]1CC(Oc2cc(-c3nc(C(F)(F)F)cs3)nc3c(C)c(C)ccc23)CN1C(=O)OC(C)(C)C. The second-order valence-corrected chi connectivity index (χ2v) is 13.0. The van der Waals surface area contributed by atoms with Crippen LogP contribution in [0, 0.1) is 13.8 Å². The third-order valence-corrected chi connectivity index (χ3v) is 8.34. The number of pyridine rings is 1. The van der Waals surface area contributed by atoms with Crippen molar-refractivity contribution in [2.75, 3.05) is 20.1 Å². The summed E-state index contributed by atoms with van der Waals surface area (Å²) < 4.78 is 52.1. The average Bonchev–Trinajstić information content (AvgIpc) is 3.60. The van der Waals surface area contributed by atoms with Gasteiger partial charge in [0, 0.05) is 36.8 Å². The summed E-state index contributed by atoms with van der Waals surface area (Å²) in [5.41, 5.74) is 0.887. The third-order valence-electron chi connectivity index (χ3n) is 7.48. The number of ether oxygens (including phenoxy) is 2. The van der Waals surface area contributed by atoms with Crippen molar-refractivity contribution in [1.29, 1.82) is 0 Å². The van der Waals surface area contributed by atoms with Crippen molar-refractivity contribution >= 4 is 34.2 Å². The summed E-state index contributed by atoms with van der Waals surface area (Å²) in [6, 6.07) is 4.55. The molecule has 0 N–H and O–H groups in total. The number of hydrogen-bond donors (Lipinski definition) is 0. The molecule has 2 aromatic heterocycles. The molecular weight excluding hydrogens is 593 g/mol. The Balaban J connectivity index is 1.67. The zero-order valence-electron chi connectivity index (χ0n) is 26.0. The second-order valence-electron chi connectivity index (χ2n) is 12.1. The topological polar surface area (TPSA) is 84.9 Å². The number of carbonyl (C=O) groups is 2. The van der Waals surface area contributed by atoms with Crippen LogP contribution in [0.1, 0.15) is 63.3 Å². The number of likely N-dealkylation sites (tertiary alicyclic amines) is 1. The predicted octanol–water partition coefficient (Wildman–Crippen LogP) is 7.57. The molecule has 44 heavy (non-hydrogen) atoms. The Morgan fingerprint density at radius 2 is 1.91 bits per heavy atom. The third kappa shape index (κ3) is 7.69. The van der Waals surface area contributed by atoms with Gasteiger partial charge in [0.15, 0.2) is 5.69 Å². The number of hydrogen-bond acceptors (Lipinski definition) is 7. The summed E-state index contributed by atoms with van der Waals surface area (Å²) in [4.78, 5) is 38.4. The van der Waals surface area contributed by atoms with Crippen LogP contribution in [0.3, 0.4) is 0 Å². The van der Waals surface area contributed by atoms with Gasteiger partial charge in [-0.25, -0.2) is 14.8 Å². The molecule has 1 unspecified atom stereocenters. The number of likely N-dealkylation sites (N-methyl/N-ethyl adjacent to an activating group) is 1. The molecule has 0 saturated carbocycles. The zero-order valence-corrected chi connectivity index (χ0v) is 26.8. The second kappa shape index (κ2) is 13.1. The lowest BCUT2D eigenvalue weighted by molar-refractivity contribution is -0.140. The quantitative estimate of drug-likeness (QED) is 0.179. The molecule has 3 heterocycles. The Labute approximate surface area is 259 Å². The molecule has 12 heteroatoms. The fourth-order valence-electron chi connectivity index (χ4n) is 5.05. The van der Waals surface area contributed by atoms with E-state index < -0.39 is 35.7 Å². The molecule has 0 aliphatic carbocycles. The van der Waals surface area contributed by atoms with Gasteiger partial charge in [0.2, 0.25) is 5.91 Å². The van der Waals surface area contributed by atoms with Crippen molar-refractivity contribution in [3.8, 4) is 16.5 Å². The first-order valence-corrected chi connectivity index (χ1v) is 15.4. The fraction of sp³-hybridized carbons (Fsp3) is 0.500. The van der Waals surface area contributed by atoms with Gasteiger partial charge in [-0.3, -0.25) is 9.69 Å². The highest BCUT2D eigenvalue weighted by Gasteiger charge is 2.44. The maximum absolute atomic E-state index is 13.6. The zero-order chi connectivity index (χ0) is 32.4. The van der Waals surface area contributed by atoms with Gasteiger partial charge in [0.05, 0.1) is 12.1 Å². The first-order valence-electron chi connectivity index (χ1n) is 14.5. The first-order chi connectivity index (χ1) is 20.6. The number of fused-ring (bicyclic) bond motifs is 1. The largest absolute Gasteiger partial charge is 0.488 e. The number of aromatic nitrogens is 2. The normalized spacial score (nSPS) is 17.2. The van der Waals surface area contributed by atoms with Gasteiger partial charge in [-0.2, -0.15) is 13.2 Å². The average molecular weight is 633 g/mol. The Hall–Kier alpha value is -3.67. The molecular formula is C32H39F3N4O4S. The number of nitrogens with zero attached hydrogens (tertiary/aromatic N) is 4. The lowest BCUT2D eigenvalue weighted by atomic mass is 10.0. The molecule has 238 valence electrons. The van der Waals surface area contributed by atoms with Crippen molar-refractivity contribution in [1.82, 2.24) is 19.8 Å². The summed E-state index contributed by atoms with van der Waals surface area (Å²) >= 11 is 0.852. The highest BCUT2D eigenvalue weighted by Crippen LogP contribution is 2.38. The molecule has 1 saturated heterocycles. The van der Waals surface area contributed by atoms with Crippen LogP contribution >= 0.6 is 11.3 Å². The minimum atomic E-state index is -4.58. The van der Waals surface area contributed by atoms with E-state index in [-0.39, 0.29) is 29.6 Å². The van der Waals surface area contributed by atoms with Crippen LogP contribution in [0.4, 0.5) is 18.0 Å². The van der Waals surface area contributed by atoms with Gasteiger partial charge in [0.1, 0.15) is 34.2 Å². The Morgan fingerprint density at radius 1 is 1.18 bits per heavy atom. The van der Waals surface area contributed by atoms with E-state index in [0.717, 1.165) is 47.1 Å². The molecule has 0 spiro atoms. The molecule has 4 rings (SSSR count). The van der Waals surface area contributed by atoms with Gasteiger partial charge in [-0.05, 0) is 71.1 Å². The molecule has 0 bridgehead atoms. The molecule has 2 amide bonds. The highest BCUT2D eigenvalue weighted by atomic mass is 32.1. The van der Waals surface area contributed by atoms with Crippen LogP contribution in [-0.4, -0.2) is 69.7 Å². The van der Waals surface area contributed by atoms with Crippen molar-refractivity contribution in [3.05, 3.63) is 53.1 Å². The smallest absolute Gasteiger partial charge is 0.434 e. The molecule has 1 aromatic carbocycles. The van der Waals surface area contributed by atoms with Crippen molar-refractivity contribution in [2.24, 2.45) is 0 Å². The van der Waals surface area contributed by atoms with Gasteiger partial charge in [0.25, 0.3) is 0 Å². The highest BCUT2D eigenvalue weighted by molar-refractivity contribution is 7.13. The van der Waals surface area contributed by atoms with E-state index in [1.54, 1.807) is 38.8 Å². The number of unbranched alkanes of at least 4 members (excludes halogenated alkanes) is 2. The summed E-state index contributed by atoms with van der Waals surface area (Å²) in [5.74, 6) is 0.173. The maximum Gasteiger partial charge on any atom is 0.434 e. The van der Waals surface area contributed by atoms with E-state index in [1.807, 2.05) is 32.1 Å². The van der Waals surface area contributed by atoms with Crippen LogP contribution in [0.25, 0.3) is 21.6 Å². The first kappa shape index (κ1) is 33.2. The monoisotopic (exact) mass is 632 g/mol. The van der Waals surface area contributed by atoms with Crippen molar-refractivity contribution < 1.29 is 32.2 Å². The maximum atomic E-state index is 13.6. The lowest BCUT2D eigenvalue weighted by Crippen LogP contribution is -2.48. The number of benzene rings is 1. The van der Waals surface area contributed by atoms with E-state index in [2.05, 4.69) is 16.5 Å². The van der Waals surface area contributed by atoms with Crippen LogP contribution < -0.4 is 4.74 Å². The van der Waals surface area contributed by atoms with Crippen LogP contribution in [0.2, 0.25) is 0 Å².